The van der Waals surface area contributed by atoms with E-state index in [0.29, 0.717) is 17.1 Å². The van der Waals surface area contributed by atoms with Crippen molar-refractivity contribution in [2.75, 3.05) is 21.5 Å². The lowest BCUT2D eigenvalue weighted by Crippen LogP contribution is -2.30. The summed E-state index contributed by atoms with van der Waals surface area (Å²) in [5, 5.41) is 15.4. The molecule has 0 spiro atoms. The molecule has 0 aromatic heterocycles. The highest BCUT2D eigenvalue weighted by Crippen LogP contribution is 2.31. The summed E-state index contributed by atoms with van der Waals surface area (Å²) in [5.41, 5.74) is 5.45. The largest absolute Gasteiger partial charge is 0.744 e. The van der Waals surface area contributed by atoms with E-state index in [1.165, 1.54) is 43.3 Å². The van der Waals surface area contributed by atoms with Crippen molar-refractivity contribution in [3.05, 3.63) is 135 Å². The molecule has 5 N–H and O–H groups in total. The smallest absolute Gasteiger partial charge is 0.323 e. The van der Waals surface area contributed by atoms with Gasteiger partial charge < -0.3 is 25.1 Å². The van der Waals surface area contributed by atoms with E-state index in [2.05, 4.69) is 37.0 Å². The summed E-state index contributed by atoms with van der Waals surface area (Å²) >= 11 is 0. The van der Waals surface area contributed by atoms with Crippen LogP contribution < -0.4 is 26.8 Å². The first-order chi connectivity index (χ1) is 25.5. The van der Waals surface area contributed by atoms with Gasteiger partial charge in [-0.15, -0.1) is 0 Å². The van der Waals surface area contributed by atoms with E-state index < -0.39 is 53.4 Å². The van der Waals surface area contributed by atoms with Crippen LogP contribution >= 0.6 is 0 Å². The summed E-state index contributed by atoms with van der Waals surface area (Å²) in [6, 6.07) is 17.5. The number of nitrogens with zero attached hydrogens (tertiary/aromatic N) is 2. The minimum absolute atomic E-state index is 0.00204. The Morgan fingerprint density at radius 1 is 0.648 bits per heavy atom. The van der Waals surface area contributed by atoms with Gasteiger partial charge in [0.2, 0.25) is 11.7 Å². The van der Waals surface area contributed by atoms with Crippen LogP contribution in [0, 0.1) is 0 Å². The van der Waals surface area contributed by atoms with Gasteiger partial charge in [0, 0.05) is 41.2 Å². The molecule has 17 nitrogen and oxygen atoms in total. The molecule has 3 aliphatic carbocycles. The van der Waals surface area contributed by atoms with Gasteiger partial charge in [-0.2, -0.15) is 10.2 Å². The minimum atomic E-state index is -5.18. The minimum Gasteiger partial charge on any atom is -0.744 e. The average molecular weight is 768 g/mol. The quantitative estimate of drug-likeness (QED) is 0.155. The van der Waals surface area contributed by atoms with Crippen LogP contribution in [-0.4, -0.2) is 60.9 Å². The van der Waals surface area contributed by atoms with Gasteiger partial charge in [-0.05, 0) is 90.0 Å². The zero-order valence-corrected chi connectivity index (χ0v) is 29.2. The molecule has 3 aromatic rings. The molecule has 3 amide bonds. The molecule has 274 valence electrons. The molecule has 0 radical (unpaired) electrons. The highest BCUT2D eigenvalue weighted by Gasteiger charge is 2.30. The SMILES string of the molecule is CC(=O)Nc1ccc(N/N=C2\C=C3C(=O)C=C(NC(=O)Nc4ccc5c(c4)C=C(S(=O)(=O)[O-])/C(=N/Nc4ccccc4)C5=O)C=C3C=C2S(=O)(=O)[O-])cc1. The Morgan fingerprint density at radius 3 is 1.94 bits per heavy atom. The highest BCUT2D eigenvalue weighted by atomic mass is 32.2. The molecule has 0 heterocycles. The standard InChI is InChI=1S/C35H27N7O10S2/c1-19(43)36-22-7-9-24(10-8-22)39-41-29-18-28-21(15-31(29)53(47,48)49)14-26(17-30(28)44)38-35(46)37-25-11-12-27-20(13-25)16-32(54(50,51)52)33(34(27)45)42-40-23-5-3-2-4-6-23/h2-18,39-40H,1H3,(H,36,43)(H2,37,38,46)(H,47,48,49)(H,50,51,52)/p-2/b41-29+,42-33-. The van der Waals surface area contributed by atoms with Crippen LogP contribution in [-0.2, 0) is 29.8 Å². The first-order valence-corrected chi connectivity index (χ1v) is 18.3. The van der Waals surface area contributed by atoms with Crippen molar-refractivity contribution in [1.29, 1.82) is 0 Å². The maximum absolute atomic E-state index is 13.2. The molecule has 0 bridgehead atoms. The Balaban J connectivity index is 1.19. The van der Waals surface area contributed by atoms with Gasteiger partial charge >= 0.3 is 6.03 Å². The van der Waals surface area contributed by atoms with Gasteiger partial charge in [0.1, 0.15) is 31.7 Å². The monoisotopic (exact) mass is 767 g/mol. The number of benzene rings is 3. The second kappa shape index (κ2) is 14.7. The van der Waals surface area contributed by atoms with Crippen LogP contribution in [0.4, 0.5) is 27.5 Å². The molecule has 0 atom stereocenters. The third kappa shape index (κ3) is 8.45. The molecular weight excluding hydrogens is 743 g/mol. The van der Waals surface area contributed by atoms with Gasteiger partial charge in [0.15, 0.2) is 5.78 Å². The lowest BCUT2D eigenvalue weighted by Gasteiger charge is -2.22. The van der Waals surface area contributed by atoms with Crippen molar-refractivity contribution in [2.45, 2.75) is 6.92 Å². The summed E-state index contributed by atoms with van der Waals surface area (Å²) in [7, 11) is -10.3. The average Bonchev–Trinajstić information content (AvgIpc) is 3.10. The number of carbonyl (C=O) groups excluding carboxylic acids is 4. The topological polar surface area (TPSA) is 268 Å². The van der Waals surface area contributed by atoms with E-state index in [4.69, 9.17) is 0 Å². The number of carbonyl (C=O) groups is 4. The number of hydrogen-bond acceptors (Lipinski definition) is 14. The van der Waals surface area contributed by atoms with E-state index in [9.17, 15) is 45.1 Å². The number of fused-ring (bicyclic) bond motifs is 2. The predicted molar refractivity (Wildman–Crippen MR) is 197 cm³/mol. The summed E-state index contributed by atoms with van der Waals surface area (Å²) in [6.45, 7) is 1.34. The number of hydrogen-bond donors (Lipinski definition) is 5. The molecule has 0 saturated carbocycles. The molecule has 3 aromatic carbocycles. The fourth-order valence-electron chi connectivity index (χ4n) is 5.30. The molecule has 0 aliphatic heterocycles. The van der Waals surface area contributed by atoms with Crippen molar-refractivity contribution in [2.24, 2.45) is 10.2 Å². The fourth-order valence-corrected chi connectivity index (χ4v) is 6.58. The van der Waals surface area contributed by atoms with E-state index in [0.717, 1.165) is 24.3 Å². The lowest BCUT2D eigenvalue weighted by molar-refractivity contribution is -0.114. The zero-order chi connectivity index (χ0) is 38.8. The summed E-state index contributed by atoms with van der Waals surface area (Å²) in [4.78, 5) is 48.9. The maximum Gasteiger partial charge on any atom is 0.323 e. The summed E-state index contributed by atoms with van der Waals surface area (Å²) in [6.07, 6.45) is 5.32. The molecule has 54 heavy (non-hydrogen) atoms. The number of allylic oxidation sites excluding steroid dienone is 8. The van der Waals surface area contributed by atoms with Crippen LogP contribution in [0.2, 0.25) is 0 Å². The van der Waals surface area contributed by atoms with Gasteiger partial charge in [0.05, 0.1) is 21.2 Å². The lowest BCUT2D eigenvalue weighted by atomic mass is 9.90. The number of para-hydroxylation sites is 1. The number of rotatable bonds is 9. The zero-order valence-electron chi connectivity index (χ0n) is 27.6. The third-order valence-corrected chi connectivity index (χ3v) is 9.38. The van der Waals surface area contributed by atoms with Crippen molar-refractivity contribution < 1.29 is 45.1 Å². The van der Waals surface area contributed by atoms with Crippen LogP contribution in [0.5, 0.6) is 0 Å². The molecule has 6 rings (SSSR count). The van der Waals surface area contributed by atoms with Gasteiger partial charge in [-0.25, -0.2) is 21.6 Å². The van der Waals surface area contributed by atoms with Crippen molar-refractivity contribution in [3.8, 4) is 0 Å². The Labute approximate surface area is 307 Å². The molecular formula is C35H25N7O10S2-2. The molecule has 0 fully saturated rings. The number of amides is 3. The van der Waals surface area contributed by atoms with Gasteiger partial charge in [0.25, 0.3) is 0 Å². The van der Waals surface area contributed by atoms with Crippen molar-refractivity contribution >= 4 is 84.0 Å². The Bertz CT molecular complexity index is 2590. The predicted octanol–water partition coefficient (Wildman–Crippen LogP) is 3.55. The first-order valence-electron chi connectivity index (χ1n) is 15.5. The second-order valence-electron chi connectivity index (χ2n) is 11.6. The van der Waals surface area contributed by atoms with Crippen LogP contribution in [0.15, 0.2) is 134 Å². The second-order valence-corrected chi connectivity index (χ2v) is 14.3. The molecule has 3 aliphatic rings. The van der Waals surface area contributed by atoms with E-state index in [1.54, 1.807) is 42.5 Å². The van der Waals surface area contributed by atoms with E-state index in [1.807, 2.05) is 0 Å². The van der Waals surface area contributed by atoms with Crippen LogP contribution in [0.1, 0.15) is 22.8 Å². The number of Topliss-reactive ketones (excluding diaryl/α,β-unsaturated/α-hetero) is 1. The molecule has 0 saturated heterocycles. The Kier molecular flexibility index (Phi) is 10.0. The highest BCUT2D eigenvalue weighted by molar-refractivity contribution is 7.91. The third-order valence-electron chi connectivity index (χ3n) is 7.66. The number of ketones is 2. The summed E-state index contributed by atoms with van der Waals surface area (Å²) < 4.78 is 72.9. The van der Waals surface area contributed by atoms with E-state index in [-0.39, 0.29) is 45.3 Å². The maximum atomic E-state index is 13.2. The number of nitrogens with one attached hydrogen (secondary N) is 5. The van der Waals surface area contributed by atoms with Crippen molar-refractivity contribution in [3.63, 3.8) is 0 Å². The fraction of sp³-hybridized carbons (Fsp3) is 0.0286. The molecule has 19 heteroatoms. The van der Waals surface area contributed by atoms with Gasteiger partial charge in [-0.1, -0.05) is 18.2 Å². The normalized spacial score (nSPS) is 16.8. The van der Waals surface area contributed by atoms with E-state index >= 15 is 0 Å². The van der Waals surface area contributed by atoms with Crippen LogP contribution in [0.3, 0.4) is 0 Å². The number of urea groups is 1. The number of hydrazone groups is 2. The van der Waals surface area contributed by atoms with Gasteiger partial charge in [-0.3, -0.25) is 25.2 Å². The summed E-state index contributed by atoms with van der Waals surface area (Å²) in [5.74, 6) is -1.79. The Morgan fingerprint density at radius 2 is 1.28 bits per heavy atom. The van der Waals surface area contributed by atoms with Crippen molar-refractivity contribution in [1.82, 2.24) is 5.32 Å². The first kappa shape index (κ1) is 37.0. The number of anilines is 4. The Hall–Kier alpha value is -6.80. The van der Waals surface area contributed by atoms with Crippen LogP contribution in [0.25, 0.3) is 6.08 Å². The molecule has 0 unspecified atom stereocenters.